The van der Waals surface area contributed by atoms with E-state index in [1.54, 1.807) is 0 Å². The second kappa shape index (κ2) is 5.94. The van der Waals surface area contributed by atoms with Crippen molar-refractivity contribution in [3.8, 4) is 0 Å². The minimum absolute atomic E-state index is 0.112. The van der Waals surface area contributed by atoms with E-state index in [2.05, 4.69) is 43.3 Å². The number of ether oxygens (including phenoxy) is 2. The van der Waals surface area contributed by atoms with Gasteiger partial charge in [-0.3, -0.25) is 9.59 Å². The predicted octanol–water partition coefficient (Wildman–Crippen LogP) is 4.31. The number of unbranched alkanes of at least 4 members (excludes halogenated alkanes) is 1. The number of hydrogen-bond acceptors (Lipinski definition) is 4. The summed E-state index contributed by atoms with van der Waals surface area (Å²) in [5, 5.41) is 0. The summed E-state index contributed by atoms with van der Waals surface area (Å²) < 4.78 is 11.7. The molecule has 3 aliphatic carbocycles. The predicted molar refractivity (Wildman–Crippen MR) is 106 cm³/mol. The highest BCUT2D eigenvalue weighted by Crippen LogP contribution is 2.67. The van der Waals surface area contributed by atoms with E-state index in [-0.39, 0.29) is 29.9 Å². The van der Waals surface area contributed by atoms with Crippen molar-refractivity contribution >= 4 is 11.9 Å². The first-order chi connectivity index (χ1) is 14.2. The van der Waals surface area contributed by atoms with Gasteiger partial charge < -0.3 is 9.47 Å². The largest absolute Gasteiger partial charge is 0.458 e. The average molecular weight is 388 g/mol. The van der Waals surface area contributed by atoms with Gasteiger partial charge in [-0.25, -0.2) is 0 Å². The first-order valence-corrected chi connectivity index (χ1v) is 10.8. The second-order valence-electron chi connectivity index (χ2n) is 8.95. The molecule has 2 aromatic rings. The van der Waals surface area contributed by atoms with Gasteiger partial charge in [0.25, 0.3) is 0 Å². The van der Waals surface area contributed by atoms with Crippen LogP contribution in [0.15, 0.2) is 48.5 Å². The zero-order chi connectivity index (χ0) is 19.8. The highest BCUT2D eigenvalue weighted by molar-refractivity contribution is 5.93. The lowest BCUT2D eigenvalue weighted by molar-refractivity contribution is -0.162. The van der Waals surface area contributed by atoms with Crippen LogP contribution in [0, 0.1) is 11.3 Å². The number of rotatable bonds is 3. The Balaban J connectivity index is 1.53. The van der Waals surface area contributed by atoms with Gasteiger partial charge in [0.2, 0.25) is 0 Å². The quantitative estimate of drug-likeness (QED) is 0.735. The summed E-state index contributed by atoms with van der Waals surface area (Å²) in [7, 11) is 0. The maximum atomic E-state index is 13.5. The lowest BCUT2D eigenvalue weighted by Gasteiger charge is -2.50. The molecule has 1 spiro atoms. The van der Waals surface area contributed by atoms with Crippen LogP contribution in [0.4, 0.5) is 0 Å². The summed E-state index contributed by atoms with van der Waals surface area (Å²) >= 11 is 0. The minimum Gasteiger partial charge on any atom is -0.458 e. The van der Waals surface area contributed by atoms with Crippen LogP contribution in [0.2, 0.25) is 0 Å². The summed E-state index contributed by atoms with van der Waals surface area (Å²) in [6, 6.07) is 16.8. The van der Waals surface area contributed by atoms with Crippen LogP contribution >= 0.6 is 0 Å². The van der Waals surface area contributed by atoms with Crippen molar-refractivity contribution in [3.05, 3.63) is 70.8 Å². The van der Waals surface area contributed by atoms with E-state index in [1.807, 2.05) is 12.1 Å². The van der Waals surface area contributed by atoms with Gasteiger partial charge in [-0.05, 0) is 41.5 Å². The van der Waals surface area contributed by atoms with Crippen molar-refractivity contribution in [1.82, 2.24) is 0 Å². The third-order valence-electron chi connectivity index (χ3n) is 7.66. The summed E-state index contributed by atoms with van der Waals surface area (Å²) in [6.07, 6.45) is 2.62. The normalized spacial score (nSPS) is 35.8. The molecule has 0 radical (unpaired) electrons. The average Bonchev–Trinajstić information content (AvgIpc) is 3.21. The molecule has 2 aromatic carbocycles. The third-order valence-corrected chi connectivity index (χ3v) is 7.66. The van der Waals surface area contributed by atoms with Crippen LogP contribution in [0.5, 0.6) is 0 Å². The van der Waals surface area contributed by atoms with Crippen molar-refractivity contribution in [2.45, 2.75) is 56.7 Å². The Morgan fingerprint density at radius 2 is 1.55 bits per heavy atom. The molecule has 29 heavy (non-hydrogen) atoms. The molecule has 0 amide bonds. The molecule has 4 atom stereocenters. The van der Waals surface area contributed by atoms with Gasteiger partial charge in [-0.2, -0.15) is 0 Å². The van der Waals surface area contributed by atoms with E-state index >= 15 is 0 Å². The van der Waals surface area contributed by atoms with Gasteiger partial charge in [0.05, 0.1) is 5.41 Å². The van der Waals surface area contributed by atoms with Gasteiger partial charge >= 0.3 is 11.9 Å². The van der Waals surface area contributed by atoms with Gasteiger partial charge in [0.1, 0.15) is 12.0 Å². The van der Waals surface area contributed by atoms with E-state index in [1.165, 1.54) is 22.3 Å². The molecule has 2 aliphatic heterocycles. The van der Waals surface area contributed by atoms with Crippen molar-refractivity contribution in [2.24, 2.45) is 11.3 Å². The third kappa shape index (κ3) is 2.04. The molecule has 148 valence electrons. The van der Waals surface area contributed by atoms with Crippen LogP contribution in [0.3, 0.4) is 0 Å². The fraction of sp³-hybridized carbons (Fsp3) is 0.440. The monoisotopic (exact) mass is 388 g/mol. The SMILES string of the molecule is CCCC[C@H]1OC(=O)[C@H]2[C@@H]1OC(=O)[C@@]21CC2c3ccccc3C1c1ccccc12. The fourth-order valence-corrected chi connectivity index (χ4v) is 6.53. The van der Waals surface area contributed by atoms with Gasteiger partial charge in [-0.15, -0.1) is 0 Å². The number of cyclic esters (lactones) is 1. The van der Waals surface area contributed by atoms with Gasteiger partial charge in [0.15, 0.2) is 6.10 Å². The van der Waals surface area contributed by atoms with Crippen molar-refractivity contribution in [2.75, 3.05) is 0 Å². The molecule has 0 unspecified atom stereocenters. The molecule has 2 saturated heterocycles. The Kier molecular flexibility index (Phi) is 3.54. The highest BCUT2D eigenvalue weighted by atomic mass is 16.6. The molecule has 0 N–H and O–H groups in total. The van der Waals surface area contributed by atoms with Crippen LogP contribution < -0.4 is 0 Å². The molecule has 2 fully saturated rings. The Morgan fingerprint density at radius 3 is 2.17 bits per heavy atom. The van der Waals surface area contributed by atoms with Gasteiger partial charge in [-0.1, -0.05) is 61.9 Å². The summed E-state index contributed by atoms with van der Waals surface area (Å²) in [6.45, 7) is 2.12. The minimum atomic E-state index is -0.851. The maximum Gasteiger partial charge on any atom is 0.314 e. The number of carbonyl (C=O) groups is 2. The Hall–Kier alpha value is -2.62. The molecule has 0 aromatic heterocycles. The molecule has 2 bridgehead atoms. The van der Waals surface area contributed by atoms with E-state index in [9.17, 15) is 9.59 Å². The smallest absolute Gasteiger partial charge is 0.314 e. The summed E-state index contributed by atoms with van der Waals surface area (Å²) in [5.41, 5.74) is 4.06. The molecule has 5 aliphatic rings. The summed E-state index contributed by atoms with van der Waals surface area (Å²) in [5.74, 6) is -0.999. The van der Waals surface area contributed by atoms with Crippen molar-refractivity contribution in [1.29, 1.82) is 0 Å². The van der Waals surface area contributed by atoms with E-state index in [0.29, 0.717) is 6.42 Å². The van der Waals surface area contributed by atoms with Crippen LogP contribution in [0.25, 0.3) is 0 Å². The molecule has 2 heterocycles. The lowest BCUT2D eigenvalue weighted by atomic mass is 9.48. The first-order valence-electron chi connectivity index (χ1n) is 10.8. The van der Waals surface area contributed by atoms with Crippen molar-refractivity contribution in [3.63, 3.8) is 0 Å². The number of benzene rings is 2. The number of hydrogen-bond donors (Lipinski definition) is 0. The molecule has 4 heteroatoms. The number of carbonyl (C=O) groups excluding carboxylic acids is 2. The molecular formula is C25H24O4. The Labute approximate surface area is 170 Å². The number of esters is 2. The van der Waals surface area contributed by atoms with Crippen LogP contribution in [-0.4, -0.2) is 24.1 Å². The van der Waals surface area contributed by atoms with E-state index < -0.39 is 17.4 Å². The molecular weight excluding hydrogens is 364 g/mol. The molecule has 0 saturated carbocycles. The maximum absolute atomic E-state index is 13.5. The lowest BCUT2D eigenvalue weighted by Crippen LogP contribution is -2.50. The van der Waals surface area contributed by atoms with E-state index in [4.69, 9.17) is 9.47 Å². The first kappa shape index (κ1) is 17.3. The topological polar surface area (TPSA) is 52.6 Å². The van der Waals surface area contributed by atoms with Crippen LogP contribution in [0.1, 0.15) is 66.7 Å². The molecule has 4 nitrogen and oxygen atoms in total. The van der Waals surface area contributed by atoms with E-state index in [0.717, 1.165) is 19.3 Å². The van der Waals surface area contributed by atoms with Crippen LogP contribution in [-0.2, 0) is 19.1 Å². The second-order valence-corrected chi connectivity index (χ2v) is 8.95. The Morgan fingerprint density at radius 1 is 0.931 bits per heavy atom. The zero-order valence-electron chi connectivity index (χ0n) is 16.5. The van der Waals surface area contributed by atoms with Gasteiger partial charge in [0, 0.05) is 11.8 Å². The number of fused-ring (bicyclic) bond motifs is 1. The zero-order valence-corrected chi connectivity index (χ0v) is 16.5. The summed E-state index contributed by atoms with van der Waals surface area (Å²) in [4.78, 5) is 26.6. The fourth-order valence-electron chi connectivity index (χ4n) is 6.53. The van der Waals surface area contributed by atoms with Crippen molar-refractivity contribution < 1.29 is 19.1 Å². The molecule has 7 rings (SSSR count). The standard InChI is InChI=1S/C25H24O4/c1-2-3-12-19-22-21(23(26)28-19)25(24(27)29-22)13-18-14-8-4-6-10-16(14)20(25)17-11-7-5-9-15(17)18/h4-11,18-22H,2-3,12-13H2,1H3/t18?,19-,20?,21-,22-,25-/m1/s1. The highest BCUT2D eigenvalue weighted by Gasteiger charge is 2.72. The Bertz CT molecular complexity index is 979.